The zero-order chi connectivity index (χ0) is 32.0. The van der Waals surface area contributed by atoms with Crippen molar-refractivity contribution in [3.05, 3.63) is 77.0 Å². The molecule has 3 aromatic heterocycles. The van der Waals surface area contributed by atoms with Crippen molar-refractivity contribution in [2.45, 2.75) is 85.3 Å². The average Bonchev–Trinajstić information content (AvgIpc) is 3.55. The van der Waals surface area contributed by atoms with E-state index in [0.29, 0.717) is 41.1 Å². The van der Waals surface area contributed by atoms with Crippen LogP contribution in [0.1, 0.15) is 78.5 Å². The van der Waals surface area contributed by atoms with E-state index in [1.807, 2.05) is 6.07 Å². The van der Waals surface area contributed by atoms with Crippen molar-refractivity contribution in [3.8, 4) is 11.7 Å². The minimum Gasteiger partial charge on any atom is -0.488 e. The summed E-state index contributed by atoms with van der Waals surface area (Å²) in [5, 5.41) is 14.3. The number of thiazole rings is 1. The van der Waals surface area contributed by atoms with Crippen LogP contribution in [0.4, 0.5) is 17.2 Å². The number of ether oxygens (including phenoxy) is 1. The van der Waals surface area contributed by atoms with E-state index in [4.69, 9.17) is 30.8 Å². The normalized spacial score (nSPS) is 12.6. The highest BCUT2D eigenvalue weighted by molar-refractivity contribution is 7.16. The van der Waals surface area contributed by atoms with Crippen LogP contribution >= 0.6 is 11.3 Å². The molecule has 45 heavy (non-hydrogen) atoms. The first-order valence-electron chi connectivity index (χ1n) is 15.7. The molecule has 0 saturated carbocycles. The molecule has 0 aliphatic rings. The first kappa shape index (κ1) is 32.0. The number of unbranched alkanes of at least 4 members (excludes halogenated alkanes) is 1. The quantitative estimate of drug-likeness (QED) is 0.110. The lowest BCUT2D eigenvalue weighted by atomic mass is 9.91. The van der Waals surface area contributed by atoms with Crippen molar-refractivity contribution < 1.29 is 4.74 Å². The van der Waals surface area contributed by atoms with Crippen LogP contribution in [-0.4, -0.2) is 37.0 Å². The lowest BCUT2D eigenvalue weighted by Gasteiger charge is -2.17. The van der Waals surface area contributed by atoms with Gasteiger partial charge in [-0.1, -0.05) is 89.6 Å². The van der Waals surface area contributed by atoms with Crippen molar-refractivity contribution >= 4 is 38.7 Å². The Hall–Kier alpha value is -4.38. The molecule has 0 fully saturated rings. The SMILES string of the molecule is CCCCN=c1sc2cc(N=Nc3c(C(C)(C)C)nn(-c4ncccn4)c3N)c(OC(CC)CC)cc2n1Cc1ccccc1. The van der Waals surface area contributed by atoms with Gasteiger partial charge >= 0.3 is 0 Å². The molecule has 236 valence electrons. The number of hydrogen-bond acceptors (Lipinski definition) is 9. The molecule has 0 radical (unpaired) electrons. The van der Waals surface area contributed by atoms with Gasteiger partial charge in [-0.15, -0.1) is 10.2 Å². The Bertz CT molecular complexity index is 1810. The highest BCUT2D eigenvalue weighted by atomic mass is 32.1. The molecule has 0 aliphatic heterocycles. The number of fused-ring (bicyclic) bond motifs is 1. The smallest absolute Gasteiger partial charge is 0.252 e. The van der Waals surface area contributed by atoms with Crippen LogP contribution in [0, 0.1) is 0 Å². The highest BCUT2D eigenvalue weighted by Gasteiger charge is 2.27. The number of rotatable bonds is 12. The fourth-order valence-corrected chi connectivity index (χ4v) is 6.02. The average molecular weight is 626 g/mol. The molecule has 10 nitrogen and oxygen atoms in total. The molecule has 2 aromatic carbocycles. The van der Waals surface area contributed by atoms with Crippen molar-refractivity contribution in [1.82, 2.24) is 24.3 Å². The van der Waals surface area contributed by atoms with Gasteiger partial charge in [-0.05, 0) is 37.0 Å². The largest absolute Gasteiger partial charge is 0.488 e. The van der Waals surface area contributed by atoms with Gasteiger partial charge in [0, 0.05) is 30.4 Å². The number of azo groups is 1. The summed E-state index contributed by atoms with van der Waals surface area (Å²) < 4.78 is 11.5. The van der Waals surface area contributed by atoms with Crippen molar-refractivity contribution in [2.75, 3.05) is 12.3 Å². The Labute approximate surface area is 268 Å². The van der Waals surface area contributed by atoms with E-state index in [-0.39, 0.29) is 11.5 Å². The number of hydrogen-bond donors (Lipinski definition) is 1. The highest BCUT2D eigenvalue weighted by Crippen LogP contribution is 2.40. The topological polar surface area (TPSA) is 121 Å². The van der Waals surface area contributed by atoms with Gasteiger partial charge in [0.1, 0.15) is 11.4 Å². The van der Waals surface area contributed by atoms with E-state index in [2.05, 4.69) is 92.5 Å². The van der Waals surface area contributed by atoms with Gasteiger partial charge in [0.25, 0.3) is 5.95 Å². The maximum absolute atomic E-state index is 6.63. The Morgan fingerprint density at radius 2 is 1.71 bits per heavy atom. The molecule has 2 N–H and O–H groups in total. The monoisotopic (exact) mass is 625 g/mol. The van der Waals surface area contributed by atoms with E-state index in [1.54, 1.807) is 29.8 Å². The van der Waals surface area contributed by atoms with E-state index in [9.17, 15) is 0 Å². The second kappa shape index (κ2) is 14.2. The summed E-state index contributed by atoms with van der Waals surface area (Å²) in [6.07, 6.45) is 7.25. The van der Waals surface area contributed by atoms with Crippen LogP contribution in [0.15, 0.2) is 76.1 Å². The zero-order valence-corrected chi connectivity index (χ0v) is 27.9. The number of nitrogens with two attached hydrogens (primary N) is 1. The molecule has 0 atom stereocenters. The van der Waals surface area contributed by atoms with E-state index >= 15 is 0 Å². The van der Waals surface area contributed by atoms with Crippen LogP contribution in [0.25, 0.3) is 16.2 Å². The maximum Gasteiger partial charge on any atom is 0.252 e. The van der Waals surface area contributed by atoms with Gasteiger partial charge in [-0.3, -0.25) is 4.99 Å². The molecule has 5 rings (SSSR count). The van der Waals surface area contributed by atoms with Gasteiger partial charge in [0.2, 0.25) is 0 Å². The molecule has 0 unspecified atom stereocenters. The number of benzene rings is 2. The fourth-order valence-electron chi connectivity index (χ4n) is 4.95. The Kier molecular flexibility index (Phi) is 10.1. The minimum atomic E-state index is -0.354. The second-order valence-electron chi connectivity index (χ2n) is 12.0. The number of nitrogens with zero attached hydrogens (tertiary/aromatic N) is 8. The molecule has 0 spiro atoms. The summed E-state index contributed by atoms with van der Waals surface area (Å²) in [4.78, 5) is 14.7. The standard InChI is InChI=1S/C34H43N9OS/c1-7-10-17-38-33-42(22-23-15-12-11-13-16-23)26-21-27(44-24(8-2)9-3)25(20-28(26)45-33)39-40-29-30(34(4,5)6)41-43(31(29)35)32-36-18-14-19-37-32/h11-16,18-21,24H,7-10,17,22,35H2,1-6H3. The minimum absolute atomic E-state index is 0.0412. The van der Waals surface area contributed by atoms with Crippen LogP contribution in [0.2, 0.25) is 0 Å². The molecule has 0 aliphatic carbocycles. The second-order valence-corrected chi connectivity index (χ2v) is 13.0. The molecular weight excluding hydrogens is 583 g/mol. The summed E-state index contributed by atoms with van der Waals surface area (Å²) in [5.74, 6) is 1.38. The zero-order valence-electron chi connectivity index (χ0n) is 27.1. The van der Waals surface area contributed by atoms with Crippen LogP contribution in [0.5, 0.6) is 5.75 Å². The summed E-state index contributed by atoms with van der Waals surface area (Å²) in [5.41, 5.74) is 10.4. The van der Waals surface area contributed by atoms with Gasteiger partial charge in [0.05, 0.1) is 28.6 Å². The fraction of sp³-hybridized carbons (Fsp3) is 0.412. The third-order valence-electron chi connectivity index (χ3n) is 7.51. The third kappa shape index (κ3) is 7.30. The van der Waals surface area contributed by atoms with Gasteiger partial charge in [0.15, 0.2) is 16.3 Å². The first-order chi connectivity index (χ1) is 21.7. The van der Waals surface area contributed by atoms with Crippen molar-refractivity contribution in [1.29, 1.82) is 0 Å². The van der Waals surface area contributed by atoms with E-state index in [1.165, 1.54) is 10.2 Å². The lowest BCUT2D eigenvalue weighted by molar-refractivity contribution is 0.194. The summed E-state index contributed by atoms with van der Waals surface area (Å²) in [7, 11) is 0. The molecule has 0 saturated heterocycles. The molecule has 0 amide bonds. The van der Waals surface area contributed by atoms with Crippen LogP contribution < -0.4 is 15.3 Å². The van der Waals surface area contributed by atoms with Gasteiger partial charge < -0.3 is 15.0 Å². The summed E-state index contributed by atoms with van der Waals surface area (Å²) >= 11 is 1.66. The van der Waals surface area contributed by atoms with Crippen molar-refractivity contribution in [2.24, 2.45) is 15.2 Å². The number of nitrogen functional groups attached to an aromatic ring is 1. The Morgan fingerprint density at radius 1 is 0.978 bits per heavy atom. The number of aromatic nitrogens is 5. The Morgan fingerprint density at radius 3 is 2.38 bits per heavy atom. The predicted molar refractivity (Wildman–Crippen MR) is 182 cm³/mol. The van der Waals surface area contributed by atoms with E-state index < -0.39 is 0 Å². The van der Waals surface area contributed by atoms with Crippen LogP contribution in [-0.2, 0) is 12.0 Å². The number of anilines is 1. The molecular formula is C34H43N9OS. The molecule has 0 bridgehead atoms. The summed E-state index contributed by atoms with van der Waals surface area (Å²) in [6.45, 7) is 14.2. The first-order valence-corrected chi connectivity index (χ1v) is 16.5. The van der Waals surface area contributed by atoms with Gasteiger partial charge in [-0.25, -0.2) is 9.97 Å². The third-order valence-corrected chi connectivity index (χ3v) is 8.59. The van der Waals surface area contributed by atoms with Crippen molar-refractivity contribution in [3.63, 3.8) is 0 Å². The predicted octanol–water partition coefficient (Wildman–Crippen LogP) is 8.29. The van der Waals surface area contributed by atoms with Gasteiger partial charge in [-0.2, -0.15) is 9.78 Å². The Balaban J connectivity index is 1.66. The molecule has 11 heteroatoms. The molecule has 3 heterocycles. The summed E-state index contributed by atoms with van der Waals surface area (Å²) in [6, 6.07) is 16.4. The van der Waals surface area contributed by atoms with Crippen LogP contribution in [0.3, 0.4) is 0 Å². The lowest BCUT2D eigenvalue weighted by Crippen LogP contribution is -2.17. The van der Waals surface area contributed by atoms with E-state index in [0.717, 1.165) is 47.2 Å². The maximum atomic E-state index is 6.63. The molecule has 5 aromatic rings.